The van der Waals surface area contributed by atoms with E-state index in [1.54, 1.807) is 36.4 Å². The van der Waals surface area contributed by atoms with Crippen LogP contribution in [0.5, 0.6) is 11.6 Å². The normalized spacial score (nSPS) is 11.4. The van der Waals surface area contributed by atoms with Crippen molar-refractivity contribution in [1.29, 1.82) is 0 Å². The lowest BCUT2D eigenvalue weighted by Gasteiger charge is -2.10. The molecule has 30 heavy (non-hydrogen) atoms. The molecule has 3 N–H and O–H groups in total. The molecule has 0 saturated carbocycles. The molecule has 4 aromatic rings. The molecule has 0 bridgehead atoms. The molecule has 0 spiro atoms. The van der Waals surface area contributed by atoms with Crippen molar-refractivity contribution < 1.29 is 17.5 Å². The smallest absolute Gasteiger partial charge is 0.230 e. The van der Waals surface area contributed by atoms with Crippen molar-refractivity contribution in [3.05, 3.63) is 66.2 Å². The van der Waals surface area contributed by atoms with Crippen molar-refractivity contribution in [3.8, 4) is 11.6 Å². The van der Waals surface area contributed by atoms with Gasteiger partial charge in [-0.2, -0.15) is 4.98 Å². The molecule has 154 valence electrons. The Balaban J connectivity index is 1.55. The highest BCUT2D eigenvalue weighted by Crippen LogP contribution is 2.30. The fourth-order valence-corrected chi connectivity index (χ4v) is 3.50. The van der Waals surface area contributed by atoms with Gasteiger partial charge in [0.1, 0.15) is 0 Å². The van der Waals surface area contributed by atoms with Crippen LogP contribution in [0.1, 0.15) is 5.69 Å². The first kappa shape index (κ1) is 19.6. The van der Waals surface area contributed by atoms with Gasteiger partial charge in [-0.25, -0.2) is 17.8 Å². The number of aromatic nitrogens is 3. The molecule has 2 heterocycles. The number of nitrogens with zero attached hydrogens (tertiary/aromatic N) is 2. The number of halogens is 1. The van der Waals surface area contributed by atoms with Gasteiger partial charge in [0.05, 0.1) is 11.9 Å². The number of fused-ring (bicyclic) bond motifs is 1. The summed E-state index contributed by atoms with van der Waals surface area (Å²) in [6, 6.07) is 13.1. The number of hydrogen-bond donors (Lipinski definition) is 3. The van der Waals surface area contributed by atoms with E-state index in [9.17, 15) is 12.8 Å². The fraction of sp³-hybridized carbons (Fsp3) is 0.100. The summed E-state index contributed by atoms with van der Waals surface area (Å²) < 4.78 is 45.5. The van der Waals surface area contributed by atoms with Gasteiger partial charge in [-0.05, 0) is 43.3 Å². The van der Waals surface area contributed by atoms with Crippen LogP contribution in [0.15, 0.2) is 54.7 Å². The summed E-state index contributed by atoms with van der Waals surface area (Å²) >= 11 is 0. The lowest BCUT2D eigenvalue weighted by Crippen LogP contribution is -2.09. The Labute approximate surface area is 172 Å². The molecule has 0 saturated heterocycles. The lowest BCUT2D eigenvalue weighted by molar-refractivity contribution is 0.430. The minimum atomic E-state index is -3.39. The van der Waals surface area contributed by atoms with Gasteiger partial charge in [-0.15, -0.1) is 0 Å². The van der Waals surface area contributed by atoms with Gasteiger partial charge in [0, 0.05) is 34.5 Å². The van der Waals surface area contributed by atoms with Crippen molar-refractivity contribution in [2.24, 2.45) is 0 Å². The van der Waals surface area contributed by atoms with Crippen molar-refractivity contribution in [1.82, 2.24) is 15.0 Å². The summed E-state index contributed by atoms with van der Waals surface area (Å²) in [6.07, 6.45) is 2.54. The second-order valence-electron chi connectivity index (χ2n) is 6.69. The molecule has 4 rings (SSSR count). The molecule has 0 radical (unpaired) electrons. The molecule has 0 amide bonds. The standard InChI is InChI=1S/C20H18FN5O3S/c1-12-10-15-16(23-12)6-7-17(19(15)21)29-18-8-9-22-20(25-18)24-13-4-3-5-14(11-13)26-30(2,27)28/h3-11,23,26H,1-2H3,(H,22,24,25). The van der Waals surface area contributed by atoms with E-state index < -0.39 is 15.8 Å². The van der Waals surface area contributed by atoms with E-state index in [0.29, 0.717) is 22.3 Å². The first-order chi connectivity index (χ1) is 14.3. The number of anilines is 3. The predicted octanol–water partition coefficient (Wildman–Crippen LogP) is 4.31. The largest absolute Gasteiger partial charge is 0.436 e. The van der Waals surface area contributed by atoms with Gasteiger partial charge in [0.25, 0.3) is 0 Å². The number of H-pyrrole nitrogens is 1. The van der Waals surface area contributed by atoms with E-state index in [4.69, 9.17) is 4.74 Å². The molecule has 0 aliphatic heterocycles. The molecule has 2 aromatic carbocycles. The second kappa shape index (κ2) is 7.64. The SMILES string of the molecule is Cc1cc2c(F)c(Oc3ccnc(Nc4cccc(NS(C)(=O)=O)c4)n3)ccc2[nH]1. The third-order valence-electron chi connectivity index (χ3n) is 4.10. The van der Waals surface area contributed by atoms with Gasteiger partial charge in [-0.1, -0.05) is 6.07 Å². The summed E-state index contributed by atoms with van der Waals surface area (Å²) in [5, 5.41) is 3.41. The summed E-state index contributed by atoms with van der Waals surface area (Å²) in [4.78, 5) is 11.4. The van der Waals surface area contributed by atoms with Crippen LogP contribution in [0, 0.1) is 12.7 Å². The molecular formula is C20H18FN5O3S. The van der Waals surface area contributed by atoms with Crippen molar-refractivity contribution in [3.63, 3.8) is 0 Å². The minimum Gasteiger partial charge on any atom is -0.436 e. The quantitative estimate of drug-likeness (QED) is 0.423. The van der Waals surface area contributed by atoms with Crippen LogP contribution in [0.25, 0.3) is 10.9 Å². The maximum Gasteiger partial charge on any atom is 0.230 e. The number of sulfonamides is 1. The van der Waals surface area contributed by atoms with Crippen LogP contribution in [0.4, 0.5) is 21.7 Å². The van der Waals surface area contributed by atoms with Crippen LogP contribution < -0.4 is 14.8 Å². The molecule has 10 heteroatoms. The van der Waals surface area contributed by atoms with Gasteiger partial charge in [-0.3, -0.25) is 4.72 Å². The Morgan fingerprint density at radius 3 is 2.70 bits per heavy atom. The van der Waals surface area contributed by atoms with Crippen LogP contribution >= 0.6 is 0 Å². The Morgan fingerprint density at radius 1 is 1.10 bits per heavy atom. The van der Waals surface area contributed by atoms with Crippen LogP contribution in [0.3, 0.4) is 0 Å². The zero-order chi connectivity index (χ0) is 21.3. The maximum atomic E-state index is 14.7. The zero-order valence-corrected chi connectivity index (χ0v) is 16.9. The first-order valence-corrected chi connectivity index (χ1v) is 10.8. The summed E-state index contributed by atoms with van der Waals surface area (Å²) in [5.41, 5.74) is 2.50. The summed E-state index contributed by atoms with van der Waals surface area (Å²) in [7, 11) is -3.39. The highest BCUT2D eigenvalue weighted by atomic mass is 32.2. The van der Waals surface area contributed by atoms with Gasteiger partial charge in [0.2, 0.25) is 21.9 Å². The van der Waals surface area contributed by atoms with E-state index in [2.05, 4.69) is 25.0 Å². The Hall–Kier alpha value is -3.66. The predicted molar refractivity (Wildman–Crippen MR) is 113 cm³/mol. The maximum absolute atomic E-state index is 14.7. The Bertz CT molecular complexity index is 1340. The van der Waals surface area contributed by atoms with Gasteiger partial charge >= 0.3 is 0 Å². The van der Waals surface area contributed by atoms with Crippen molar-refractivity contribution in [2.45, 2.75) is 6.92 Å². The number of aryl methyl sites for hydroxylation is 1. The van der Waals surface area contributed by atoms with E-state index in [0.717, 1.165) is 11.9 Å². The number of benzene rings is 2. The monoisotopic (exact) mass is 427 g/mol. The third-order valence-corrected chi connectivity index (χ3v) is 4.71. The van der Waals surface area contributed by atoms with Crippen molar-refractivity contribution >= 4 is 38.2 Å². The Morgan fingerprint density at radius 2 is 1.90 bits per heavy atom. The average Bonchev–Trinajstić information content (AvgIpc) is 3.05. The number of rotatable bonds is 6. The molecular weight excluding hydrogens is 409 g/mol. The number of aromatic amines is 1. The number of ether oxygens (including phenoxy) is 1. The lowest BCUT2D eigenvalue weighted by atomic mass is 10.2. The molecule has 0 atom stereocenters. The molecule has 0 unspecified atom stereocenters. The molecule has 8 nitrogen and oxygen atoms in total. The number of nitrogens with one attached hydrogen (secondary N) is 3. The average molecular weight is 427 g/mol. The van der Waals surface area contributed by atoms with Gasteiger partial charge < -0.3 is 15.0 Å². The topological polar surface area (TPSA) is 109 Å². The fourth-order valence-electron chi connectivity index (χ4n) is 2.94. The summed E-state index contributed by atoms with van der Waals surface area (Å²) in [6.45, 7) is 1.85. The number of hydrogen-bond acceptors (Lipinski definition) is 6. The minimum absolute atomic E-state index is 0.0468. The highest BCUT2D eigenvalue weighted by molar-refractivity contribution is 7.92. The molecule has 2 aromatic heterocycles. The van der Waals surface area contributed by atoms with Crippen LogP contribution in [-0.4, -0.2) is 29.6 Å². The van der Waals surface area contributed by atoms with E-state index >= 15 is 0 Å². The van der Waals surface area contributed by atoms with Gasteiger partial charge in [0.15, 0.2) is 11.6 Å². The van der Waals surface area contributed by atoms with E-state index in [-0.39, 0.29) is 17.6 Å². The third kappa shape index (κ3) is 4.49. The van der Waals surface area contributed by atoms with Crippen LogP contribution in [0.2, 0.25) is 0 Å². The summed E-state index contributed by atoms with van der Waals surface area (Å²) in [5.74, 6) is -0.0681. The zero-order valence-electron chi connectivity index (χ0n) is 16.1. The molecule has 0 fully saturated rings. The van der Waals surface area contributed by atoms with E-state index in [1.807, 2.05) is 6.92 Å². The second-order valence-corrected chi connectivity index (χ2v) is 8.44. The van der Waals surface area contributed by atoms with Crippen LogP contribution in [-0.2, 0) is 10.0 Å². The van der Waals surface area contributed by atoms with E-state index in [1.165, 1.54) is 18.3 Å². The highest BCUT2D eigenvalue weighted by Gasteiger charge is 2.12. The first-order valence-electron chi connectivity index (χ1n) is 8.90. The molecule has 0 aliphatic carbocycles. The molecule has 0 aliphatic rings. The Kier molecular flexibility index (Phi) is 5.00. The van der Waals surface area contributed by atoms with Crippen molar-refractivity contribution in [2.75, 3.05) is 16.3 Å².